The van der Waals surface area contributed by atoms with Crippen LogP contribution in [0.15, 0.2) is 58.3 Å². The van der Waals surface area contributed by atoms with Crippen LogP contribution in [-0.2, 0) is 4.79 Å². The quantitative estimate of drug-likeness (QED) is 0.455. The van der Waals surface area contributed by atoms with Crippen molar-refractivity contribution in [2.45, 2.75) is 25.4 Å². The summed E-state index contributed by atoms with van der Waals surface area (Å²) in [6.45, 7) is 2.40. The van der Waals surface area contributed by atoms with E-state index in [1.54, 1.807) is 41.9 Å². The number of hydrogen-bond donors (Lipinski definition) is 0. The van der Waals surface area contributed by atoms with Crippen LogP contribution < -0.4 is 9.47 Å². The van der Waals surface area contributed by atoms with E-state index >= 15 is 0 Å². The number of hydrogen-bond acceptors (Lipinski definition) is 7. The van der Waals surface area contributed by atoms with E-state index in [1.807, 2.05) is 48.8 Å². The van der Waals surface area contributed by atoms with E-state index in [1.165, 1.54) is 4.88 Å². The Morgan fingerprint density at radius 3 is 2.56 bits per heavy atom. The van der Waals surface area contributed by atoms with Crippen LogP contribution in [0.25, 0.3) is 0 Å². The van der Waals surface area contributed by atoms with E-state index in [9.17, 15) is 4.79 Å². The number of ether oxygens (including phenoxy) is 2. The molecule has 2 unspecified atom stereocenters. The number of nitrogens with zero attached hydrogens (tertiary/aromatic N) is 3. The number of hydrazone groups is 1. The van der Waals surface area contributed by atoms with Gasteiger partial charge in [-0.15, -0.1) is 22.7 Å². The summed E-state index contributed by atoms with van der Waals surface area (Å²) in [4.78, 5) is 17.8. The summed E-state index contributed by atoms with van der Waals surface area (Å²) >= 11 is 3.34. The summed E-state index contributed by atoms with van der Waals surface area (Å²) in [6.07, 6.45) is 0.659. The number of benzene rings is 1. The Bertz CT molecular complexity index is 1080. The summed E-state index contributed by atoms with van der Waals surface area (Å²) < 4.78 is 10.9. The fourth-order valence-electron chi connectivity index (χ4n) is 3.82. The second-order valence-electron chi connectivity index (χ2n) is 7.70. The maximum absolute atomic E-state index is 13.4. The van der Waals surface area contributed by atoms with Crippen molar-refractivity contribution < 1.29 is 14.3 Å². The van der Waals surface area contributed by atoms with Crippen LogP contribution in [-0.4, -0.2) is 49.3 Å². The van der Waals surface area contributed by atoms with Crippen LogP contribution in [0.4, 0.5) is 0 Å². The Labute approximate surface area is 196 Å². The van der Waals surface area contributed by atoms with Gasteiger partial charge in [-0.2, -0.15) is 5.10 Å². The van der Waals surface area contributed by atoms with Gasteiger partial charge in [-0.3, -0.25) is 9.69 Å². The number of thiophene rings is 2. The summed E-state index contributed by atoms with van der Waals surface area (Å²) in [5.74, 6) is 1.28. The van der Waals surface area contributed by atoms with Gasteiger partial charge in [0.1, 0.15) is 0 Å². The number of carbonyl (C=O) groups is 1. The Hall–Kier alpha value is -2.68. The van der Waals surface area contributed by atoms with E-state index in [0.29, 0.717) is 17.9 Å². The lowest BCUT2D eigenvalue weighted by molar-refractivity contribution is -0.134. The molecule has 4 rings (SSSR count). The molecule has 6 nitrogen and oxygen atoms in total. The van der Waals surface area contributed by atoms with E-state index in [2.05, 4.69) is 23.3 Å². The van der Waals surface area contributed by atoms with Gasteiger partial charge < -0.3 is 9.47 Å². The maximum atomic E-state index is 13.4. The number of carbonyl (C=O) groups excluding carboxylic acids is 1. The zero-order chi connectivity index (χ0) is 22.7. The Morgan fingerprint density at radius 1 is 1.16 bits per heavy atom. The molecule has 3 heterocycles. The largest absolute Gasteiger partial charge is 0.493 e. The molecular formula is C24H27N3O3S2. The van der Waals surface area contributed by atoms with Crippen LogP contribution in [0.2, 0.25) is 0 Å². The molecule has 0 aliphatic carbocycles. The van der Waals surface area contributed by atoms with Gasteiger partial charge in [0.05, 0.1) is 37.4 Å². The average Bonchev–Trinajstić information content (AvgIpc) is 3.58. The van der Waals surface area contributed by atoms with Gasteiger partial charge in [-0.1, -0.05) is 18.2 Å². The average molecular weight is 470 g/mol. The van der Waals surface area contributed by atoms with Crippen molar-refractivity contribution in [1.29, 1.82) is 0 Å². The lowest BCUT2D eigenvalue weighted by Gasteiger charge is -2.27. The molecule has 1 amide bonds. The second kappa shape index (κ2) is 9.85. The first-order valence-electron chi connectivity index (χ1n) is 10.4. The monoisotopic (exact) mass is 469 g/mol. The second-order valence-corrected chi connectivity index (χ2v) is 9.63. The predicted molar refractivity (Wildman–Crippen MR) is 130 cm³/mol. The third-order valence-electron chi connectivity index (χ3n) is 5.76. The molecule has 1 aliphatic rings. The topological polar surface area (TPSA) is 54.4 Å². The standard InChI is InChI=1S/C24H27N3O3S2/c1-16(22-7-5-11-31-22)26(2)15-24(28)27-19(14-18(25-27)23-8-6-12-32-23)17-9-10-20(29-3)21(13-17)30-4/h5-13,16,19H,14-15H2,1-4H3. The highest BCUT2D eigenvalue weighted by Crippen LogP contribution is 2.38. The third kappa shape index (κ3) is 4.57. The van der Waals surface area contributed by atoms with Crippen molar-refractivity contribution in [3.8, 4) is 11.5 Å². The molecule has 0 bridgehead atoms. The minimum atomic E-state index is -0.190. The lowest BCUT2D eigenvalue weighted by Crippen LogP contribution is -2.37. The fraction of sp³-hybridized carbons (Fsp3) is 0.333. The highest BCUT2D eigenvalue weighted by atomic mass is 32.1. The van der Waals surface area contributed by atoms with Crippen molar-refractivity contribution in [2.24, 2.45) is 5.10 Å². The predicted octanol–water partition coefficient (Wildman–Crippen LogP) is 5.20. The highest BCUT2D eigenvalue weighted by Gasteiger charge is 2.34. The molecule has 0 spiro atoms. The molecule has 0 saturated heterocycles. The molecular weight excluding hydrogens is 442 g/mol. The molecule has 8 heteroatoms. The van der Waals surface area contributed by atoms with Crippen LogP contribution in [0.5, 0.6) is 11.5 Å². The lowest BCUT2D eigenvalue weighted by atomic mass is 10.0. The van der Waals surface area contributed by atoms with Crippen LogP contribution >= 0.6 is 22.7 Å². The molecule has 168 valence electrons. The SMILES string of the molecule is COc1ccc(C2CC(c3cccs3)=NN2C(=O)CN(C)C(C)c2cccs2)cc1OC. The summed E-state index contributed by atoms with van der Waals surface area (Å²) in [7, 11) is 5.22. The Balaban J connectivity index is 1.60. The number of rotatable bonds is 8. The van der Waals surface area contributed by atoms with E-state index in [0.717, 1.165) is 16.2 Å². The van der Waals surface area contributed by atoms with Gasteiger partial charge in [0, 0.05) is 17.3 Å². The molecule has 0 saturated carbocycles. The van der Waals surface area contributed by atoms with Crippen LogP contribution in [0.1, 0.15) is 40.7 Å². The van der Waals surface area contributed by atoms with Gasteiger partial charge in [-0.05, 0) is 54.6 Å². The van der Waals surface area contributed by atoms with Gasteiger partial charge in [0.2, 0.25) is 0 Å². The van der Waals surface area contributed by atoms with Crippen molar-refractivity contribution in [3.05, 3.63) is 68.5 Å². The van der Waals surface area contributed by atoms with Gasteiger partial charge >= 0.3 is 0 Å². The van der Waals surface area contributed by atoms with Crippen molar-refractivity contribution in [1.82, 2.24) is 9.91 Å². The normalized spacial score (nSPS) is 16.8. The molecule has 32 heavy (non-hydrogen) atoms. The van der Waals surface area contributed by atoms with Crippen molar-refractivity contribution >= 4 is 34.3 Å². The van der Waals surface area contributed by atoms with Gasteiger partial charge in [0.25, 0.3) is 5.91 Å². The molecule has 0 N–H and O–H groups in total. The number of amides is 1. The van der Waals surface area contributed by atoms with Crippen LogP contribution in [0, 0.1) is 0 Å². The summed E-state index contributed by atoms with van der Waals surface area (Å²) in [5, 5.41) is 10.5. The number of likely N-dealkylation sites (N-methyl/N-ethyl adjacent to an activating group) is 1. The highest BCUT2D eigenvalue weighted by molar-refractivity contribution is 7.12. The Morgan fingerprint density at radius 2 is 1.91 bits per heavy atom. The van der Waals surface area contributed by atoms with Crippen LogP contribution in [0.3, 0.4) is 0 Å². The van der Waals surface area contributed by atoms with Gasteiger partial charge in [0.15, 0.2) is 11.5 Å². The molecule has 0 radical (unpaired) electrons. The minimum Gasteiger partial charge on any atom is -0.493 e. The molecule has 2 atom stereocenters. The smallest absolute Gasteiger partial charge is 0.257 e. The molecule has 2 aromatic heterocycles. The zero-order valence-electron chi connectivity index (χ0n) is 18.6. The maximum Gasteiger partial charge on any atom is 0.257 e. The number of methoxy groups -OCH3 is 2. The first kappa shape index (κ1) is 22.5. The van der Waals surface area contributed by atoms with E-state index in [4.69, 9.17) is 14.6 Å². The fourth-order valence-corrected chi connectivity index (χ4v) is 5.39. The molecule has 3 aromatic rings. The van der Waals surface area contributed by atoms with E-state index in [-0.39, 0.29) is 24.5 Å². The minimum absolute atomic E-state index is 0.0257. The summed E-state index contributed by atoms with van der Waals surface area (Å²) in [5.41, 5.74) is 1.90. The molecule has 1 aliphatic heterocycles. The van der Waals surface area contributed by atoms with Crippen molar-refractivity contribution in [2.75, 3.05) is 27.8 Å². The van der Waals surface area contributed by atoms with E-state index < -0.39 is 0 Å². The summed E-state index contributed by atoms with van der Waals surface area (Å²) in [6, 6.07) is 14.0. The van der Waals surface area contributed by atoms with Crippen molar-refractivity contribution in [3.63, 3.8) is 0 Å². The molecule has 1 aromatic carbocycles. The van der Waals surface area contributed by atoms with Gasteiger partial charge in [-0.25, -0.2) is 5.01 Å². The Kier molecular flexibility index (Phi) is 6.93. The molecule has 0 fully saturated rings. The first-order chi connectivity index (χ1) is 15.5. The first-order valence-corrected chi connectivity index (χ1v) is 12.2. The third-order valence-corrected chi connectivity index (χ3v) is 7.73. The zero-order valence-corrected chi connectivity index (χ0v) is 20.3.